The molecule has 5 heteroatoms. The molecular formula is C12H11NO2S2. The summed E-state index contributed by atoms with van der Waals surface area (Å²) < 4.78 is 27.5. The Kier molecular flexibility index (Phi) is 3.40. The summed E-state index contributed by atoms with van der Waals surface area (Å²) >= 11 is 1.17. The number of rotatable bonds is 3. The molecule has 0 saturated carbocycles. The number of benzene rings is 1. The number of aryl methyl sites for hydroxylation is 1. The number of nitrogens with zero attached hydrogens (tertiary/aromatic N) is 1. The molecule has 0 spiro atoms. The minimum atomic E-state index is -3.54. The van der Waals surface area contributed by atoms with Crippen LogP contribution in [0.1, 0.15) is 11.1 Å². The van der Waals surface area contributed by atoms with Gasteiger partial charge in [-0.2, -0.15) is 12.8 Å². The van der Waals surface area contributed by atoms with E-state index in [2.05, 4.69) is 4.40 Å². The molecule has 1 aromatic heterocycles. The van der Waals surface area contributed by atoms with Gasteiger partial charge in [0, 0.05) is 6.21 Å². The third-order valence-corrected chi connectivity index (χ3v) is 4.88. The van der Waals surface area contributed by atoms with Crippen molar-refractivity contribution in [3.63, 3.8) is 0 Å². The first-order chi connectivity index (χ1) is 8.09. The van der Waals surface area contributed by atoms with Crippen LogP contribution in [0.4, 0.5) is 0 Å². The first kappa shape index (κ1) is 12.0. The third-order valence-electron chi connectivity index (χ3n) is 2.27. The van der Waals surface area contributed by atoms with Gasteiger partial charge in [-0.05, 0) is 29.5 Å². The van der Waals surface area contributed by atoms with E-state index < -0.39 is 10.0 Å². The van der Waals surface area contributed by atoms with Crippen molar-refractivity contribution in [1.29, 1.82) is 0 Å². The van der Waals surface area contributed by atoms with Gasteiger partial charge in [0.2, 0.25) is 0 Å². The van der Waals surface area contributed by atoms with Crippen LogP contribution in [0.25, 0.3) is 0 Å². The monoisotopic (exact) mass is 265 g/mol. The summed E-state index contributed by atoms with van der Waals surface area (Å²) in [5.74, 6) is 0. The molecule has 0 radical (unpaired) electrons. The summed E-state index contributed by atoms with van der Waals surface area (Å²) in [6.45, 7) is 1.92. The molecule has 1 heterocycles. The van der Waals surface area contributed by atoms with Crippen LogP contribution in [0.2, 0.25) is 0 Å². The molecule has 0 aliphatic carbocycles. The zero-order valence-corrected chi connectivity index (χ0v) is 10.8. The van der Waals surface area contributed by atoms with Gasteiger partial charge in [-0.25, -0.2) is 0 Å². The van der Waals surface area contributed by atoms with Gasteiger partial charge >= 0.3 is 0 Å². The summed E-state index contributed by atoms with van der Waals surface area (Å²) in [5, 5.41) is 1.72. The minimum absolute atomic E-state index is 0.266. The molecule has 0 unspecified atom stereocenters. The molecule has 17 heavy (non-hydrogen) atoms. The van der Waals surface area contributed by atoms with E-state index in [1.54, 1.807) is 17.5 Å². The zero-order valence-electron chi connectivity index (χ0n) is 9.20. The van der Waals surface area contributed by atoms with Crippen LogP contribution < -0.4 is 0 Å². The van der Waals surface area contributed by atoms with Crippen LogP contribution in [0.15, 0.2) is 50.4 Å². The third kappa shape index (κ3) is 2.81. The normalized spacial score (nSPS) is 12.1. The van der Waals surface area contributed by atoms with Gasteiger partial charge in [-0.1, -0.05) is 30.3 Å². The van der Waals surface area contributed by atoms with Crippen LogP contribution in [0.5, 0.6) is 0 Å². The average molecular weight is 265 g/mol. The highest BCUT2D eigenvalue weighted by molar-refractivity contribution is 7.92. The molecule has 2 rings (SSSR count). The minimum Gasteiger partial charge on any atom is -0.198 e. The second-order valence-corrected chi connectivity index (χ2v) is 6.31. The van der Waals surface area contributed by atoms with E-state index in [9.17, 15) is 8.42 Å². The van der Waals surface area contributed by atoms with Gasteiger partial charge < -0.3 is 0 Å². The van der Waals surface area contributed by atoms with Crippen molar-refractivity contribution in [3.8, 4) is 0 Å². The quantitative estimate of drug-likeness (QED) is 0.801. The Balaban J connectivity index is 2.31. The van der Waals surface area contributed by atoms with Crippen molar-refractivity contribution in [2.24, 2.45) is 4.40 Å². The average Bonchev–Trinajstić information content (AvgIpc) is 2.82. The van der Waals surface area contributed by atoms with Gasteiger partial charge in [0.15, 0.2) is 0 Å². The molecule has 0 atom stereocenters. The van der Waals surface area contributed by atoms with Crippen molar-refractivity contribution < 1.29 is 8.42 Å². The van der Waals surface area contributed by atoms with E-state index in [4.69, 9.17) is 0 Å². The molecule has 0 fully saturated rings. The summed E-state index contributed by atoms with van der Waals surface area (Å²) in [6.07, 6.45) is 1.39. The molecular weight excluding hydrogens is 254 g/mol. The first-order valence-corrected chi connectivity index (χ1v) is 7.31. The van der Waals surface area contributed by atoms with Crippen LogP contribution >= 0.6 is 11.3 Å². The van der Waals surface area contributed by atoms with Crippen molar-refractivity contribution in [1.82, 2.24) is 0 Å². The second-order valence-electron chi connectivity index (χ2n) is 3.50. The summed E-state index contributed by atoms with van der Waals surface area (Å²) in [5.41, 5.74) is 1.81. The number of hydrogen-bond donors (Lipinski definition) is 0. The molecule has 3 nitrogen and oxygen atoms in total. The fraction of sp³-hybridized carbons (Fsp3) is 0.0833. The number of sulfonamides is 1. The van der Waals surface area contributed by atoms with Gasteiger partial charge in [0.1, 0.15) is 4.21 Å². The summed E-state index contributed by atoms with van der Waals surface area (Å²) in [6, 6.07) is 10.8. The highest BCUT2D eigenvalue weighted by Gasteiger charge is 2.12. The predicted octanol–water partition coefficient (Wildman–Crippen LogP) is 2.86. The van der Waals surface area contributed by atoms with Crippen LogP contribution in [0.3, 0.4) is 0 Å². The highest BCUT2D eigenvalue weighted by Crippen LogP contribution is 2.18. The maximum Gasteiger partial charge on any atom is 0.291 e. The first-order valence-electron chi connectivity index (χ1n) is 4.99. The van der Waals surface area contributed by atoms with E-state index in [1.165, 1.54) is 17.6 Å². The van der Waals surface area contributed by atoms with Crippen LogP contribution in [-0.2, 0) is 10.0 Å². The van der Waals surface area contributed by atoms with Gasteiger partial charge in [-0.15, -0.1) is 11.3 Å². The standard InChI is InChI=1S/C12H11NO2S2/c1-10-5-2-3-6-11(10)9-13-17(14,15)12-7-4-8-16-12/h2-9H,1H3/b13-9-. The van der Waals surface area contributed by atoms with Crippen molar-refractivity contribution in [2.75, 3.05) is 0 Å². The largest absolute Gasteiger partial charge is 0.291 e. The maximum atomic E-state index is 11.8. The Morgan fingerprint density at radius 1 is 1.18 bits per heavy atom. The fourth-order valence-electron chi connectivity index (χ4n) is 1.32. The van der Waals surface area contributed by atoms with Gasteiger partial charge in [-0.3, -0.25) is 0 Å². The van der Waals surface area contributed by atoms with E-state index in [0.717, 1.165) is 11.1 Å². The fourth-order valence-corrected chi connectivity index (χ4v) is 3.16. The summed E-state index contributed by atoms with van der Waals surface area (Å²) in [4.78, 5) is 0. The molecule has 2 aromatic rings. The van der Waals surface area contributed by atoms with Gasteiger partial charge in [0.25, 0.3) is 10.0 Å². The lowest BCUT2D eigenvalue weighted by atomic mass is 10.1. The molecule has 1 aromatic carbocycles. The molecule has 0 amide bonds. The number of hydrogen-bond acceptors (Lipinski definition) is 3. The lowest BCUT2D eigenvalue weighted by Crippen LogP contribution is -1.95. The Bertz CT molecular complexity index is 628. The summed E-state index contributed by atoms with van der Waals surface area (Å²) in [7, 11) is -3.54. The Morgan fingerprint density at radius 2 is 1.94 bits per heavy atom. The lowest BCUT2D eigenvalue weighted by molar-refractivity contribution is 0.600. The van der Waals surface area contributed by atoms with Crippen molar-refractivity contribution in [2.45, 2.75) is 11.1 Å². The van der Waals surface area contributed by atoms with E-state index >= 15 is 0 Å². The molecule has 0 aliphatic rings. The van der Waals surface area contributed by atoms with Crippen LogP contribution in [0, 0.1) is 6.92 Å². The molecule has 0 saturated heterocycles. The highest BCUT2D eigenvalue weighted by atomic mass is 32.2. The molecule has 88 valence electrons. The molecule has 0 N–H and O–H groups in total. The van der Waals surface area contributed by atoms with E-state index in [0.29, 0.717) is 0 Å². The maximum absolute atomic E-state index is 11.8. The van der Waals surface area contributed by atoms with Crippen LogP contribution in [-0.4, -0.2) is 14.6 Å². The molecule has 0 aliphatic heterocycles. The van der Waals surface area contributed by atoms with Crippen molar-refractivity contribution in [3.05, 3.63) is 52.9 Å². The lowest BCUT2D eigenvalue weighted by Gasteiger charge is -1.98. The van der Waals surface area contributed by atoms with E-state index in [-0.39, 0.29) is 4.21 Å². The van der Waals surface area contributed by atoms with Crippen molar-refractivity contribution >= 4 is 27.6 Å². The van der Waals surface area contributed by atoms with Gasteiger partial charge in [0.05, 0.1) is 0 Å². The predicted molar refractivity (Wildman–Crippen MR) is 70.3 cm³/mol. The number of thiophene rings is 1. The second kappa shape index (κ2) is 4.81. The van der Waals surface area contributed by atoms with E-state index in [1.807, 2.05) is 31.2 Å². The molecule has 0 bridgehead atoms. The topological polar surface area (TPSA) is 46.5 Å². The smallest absolute Gasteiger partial charge is 0.198 e. The zero-order chi connectivity index (χ0) is 12.3. The Labute approximate surface area is 105 Å². The Morgan fingerprint density at radius 3 is 2.59 bits per heavy atom. The Hall–Kier alpha value is -1.46. The SMILES string of the molecule is Cc1ccccc1/C=N\S(=O)(=O)c1cccs1.